The van der Waals surface area contributed by atoms with Gasteiger partial charge in [0.15, 0.2) is 0 Å². The predicted octanol–water partition coefficient (Wildman–Crippen LogP) is 2.98. The Bertz CT molecular complexity index is 439. The third-order valence-corrected chi connectivity index (χ3v) is 2.10. The number of hydrogen-bond acceptors (Lipinski definition) is 3. The molecule has 154 valence electrons. The Morgan fingerprint density at radius 3 is 2.04 bits per heavy atom. The molecule has 5 nitrogen and oxygen atoms in total. The molecule has 0 rings (SSSR count). The Labute approximate surface area is 147 Å². The van der Waals surface area contributed by atoms with Crippen molar-refractivity contribution in [3.8, 4) is 0 Å². The van der Waals surface area contributed by atoms with Gasteiger partial charge in [-0.15, -0.1) is 0 Å². The van der Waals surface area contributed by atoms with Crippen LogP contribution < -0.4 is 15.6 Å². The van der Waals surface area contributed by atoms with Crippen molar-refractivity contribution < 1.29 is 39.7 Å². The first-order valence-electron chi connectivity index (χ1n) is 7.29. The minimum absolute atomic E-state index is 0.229. The number of esters is 1. The monoisotopic (exact) mass is 423 g/mol. The van der Waals surface area contributed by atoms with E-state index in [1.165, 1.54) is 0 Å². The second kappa shape index (κ2) is 9.23. The number of nitrogens with one attached hydrogen (secondary N) is 3. The van der Waals surface area contributed by atoms with Crippen molar-refractivity contribution in [3.05, 3.63) is 0 Å². The third kappa shape index (κ3) is 39.7. The van der Waals surface area contributed by atoms with Crippen molar-refractivity contribution in [1.82, 2.24) is 10.6 Å². The minimum atomic E-state index is -10.7. The molecule has 0 aliphatic heterocycles. The van der Waals surface area contributed by atoms with E-state index in [4.69, 9.17) is 16.3 Å². The van der Waals surface area contributed by atoms with Gasteiger partial charge in [0.2, 0.25) is 0 Å². The van der Waals surface area contributed by atoms with Crippen molar-refractivity contribution in [2.24, 2.45) is 0 Å². The van der Waals surface area contributed by atoms with Crippen molar-refractivity contribution in [2.75, 3.05) is 26.2 Å². The van der Waals surface area contributed by atoms with Crippen LogP contribution in [-0.2, 0) is 9.53 Å². The molecule has 0 spiro atoms. The van der Waals surface area contributed by atoms with Gasteiger partial charge in [0.05, 0.1) is 19.6 Å². The van der Waals surface area contributed by atoms with Crippen LogP contribution in [0.15, 0.2) is 0 Å². The van der Waals surface area contributed by atoms with E-state index < -0.39 is 13.4 Å². The van der Waals surface area contributed by atoms with Gasteiger partial charge in [0, 0.05) is 11.6 Å². The van der Waals surface area contributed by atoms with Gasteiger partial charge in [-0.1, -0.05) is 0 Å². The molecule has 13 heteroatoms. The van der Waals surface area contributed by atoms with E-state index in [0.717, 1.165) is 26.1 Å². The van der Waals surface area contributed by atoms with Gasteiger partial charge in [-0.2, -0.15) is 0 Å². The number of carbonyl (C=O) groups is 1. The van der Waals surface area contributed by atoms with E-state index in [9.17, 15) is 30.0 Å². The van der Waals surface area contributed by atoms with Crippen LogP contribution in [0.25, 0.3) is 0 Å². The Kier molecular flexibility index (Phi) is 9.76. The quantitative estimate of drug-likeness (QED) is 0.112. The van der Waals surface area contributed by atoms with E-state index in [1.807, 2.05) is 27.7 Å². The molecule has 0 bridgehead atoms. The summed E-state index contributed by atoms with van der Waals surface area (Å²) in [4.78, 5) is 14.4. The normalized spacial score (nSPS) is 15.4. The first kappa shape index (κ1) is 26.4. The molecule has 0 aliphatic rings. The fraction of sp³-hybridized carbons (Fsp3) is 0.833. The first-order chi connectivity index (χ1) is 10.8. The second-order valence-corrected chi connectivity index (χ2v) is 8.14. The van der Waals surface area contributed by atoms with E-state index in [0.29, 0.717) is 5.29 Å². The van der Waals surface area contributed by atoms with Gasteiger partial charge in [-0.05, 0) is 40.7 Å². The summed E-state index contributed by atoms with van der Waals surface area (Å²) < 4.78 is 64.4. The summed E-state index contributed by atoms with van der Waals surface area (Å²) in [5, 5.41) is 6.54. The topological polar surface area (TPSA) is 64.3 Å². The van der Waals surface area contributed by atoms with Crippen molar-refractivity contribution in [2.45, 2.75) is 39.7 Å². The van der Waals surface area contributed by atoms with Gasteiger partial charge in [0.1, 0.15) is 5.60 Å². The van der Waals surface area contributed by atoms with Crippen LogP contribution in [0.1, 0.15) is 34.1 Å². The molecule has 0 aromatic carbocycles. The molecule has 0 aliphatic carbocycles. The molecule has 0 saturated heterocycles. The zero-order valence-corrected chi connectivity index (χ0v) is 16.1. The molecule has 0 unspecified atom stereocenters. The zero-order chi connectivity index (χ0) is 20.4. The van der Waals surface area contributed by atoms with Crippen LogP contribution in [0.4, 0.5) is 25.2 Å². The Morgan fingerprint density at radius 2 is 1.64 bits per heavy atom. The third-order valence-electron chi connectivity index (χ3n) is 1.83. The van der Waals surface area contributed by atoms with E-state index in [1.54, 1.807) is 0 Å². The average Bonchev–Trinajstić information content (AvgIpc) is 2.27. The summed E-state index contributed by atoms with van der Waals surface area (Å²) in [6.07, 6.45) is 0.879. The van der Waals surface area contributed by atoms with Crippen molar-refractivity contribution in [1.29, 1.82) is 0 Å². The SMILES string of the molecule is CCNC(Cl)=[NH+]CCCNCC(=O)OC(C)(C)C.F[P-](F)(F)(F)(F)F. The molecule has 25 heavy (non-hydrogen) atoms. The van der Waals surface area contributed by atoms with Crippen LogP contribution in [0.5, 0.6) is 0 Å². The summed E-state index contributed by atoms with van der Waals surface area (Å²) >= 11 is 5.82. The van der Waals surface area contributed by atoms with Crippen LogP contribution in [0.2, 0.25) is 0 Å². The molecule has 0 fully saturated rings. The molecular formula is C12H25ClF6N3O2P. The molecule has 3 N–H and O–H groups in total. The molecular weight excluding hydrogens is 399 g/mol. The Hall–Kier alpha value is -0.800. The van der Waals surface area contributed by atoms with Crippen molar-refractivity contribution in [3.63, 3.8) is 0 Å². The number of halogens is 7. The van der Waals surface area contributed by atoms with Crippen molar-refractivity contribution >= 4 is 30.7 Å². The van der Waals surface area contributed by atoms with Crippen LogP contribution in [0, 0.1) is 0 Å². The second-order valence-electron chi connectivity index (χ2n) is 5.85. The molecule has 0 saturated carbocycles. The number of carbonyl (C=O) groups excluding carboxylic acids is 1. The van der Waals surface area contributed by atoms with Crippen LogP contribution in [0.3, 0.4) is 0 Å². The number of hydrogen-bond donors (Lipinski definition) is 3. The van der Waals surface area contributed by atoms with Gasteiger partial charge in [-0.3, -0.25) is 15.1 Å². The maximum absolute atomic E-state index is 11.3. The number of ether oxygens (including phenoxy) is 1. The first-order valence-corrected chi connectivity index (χ1v) is 9.70. The Balaban J connectivity index is 0. The van der Waals surface area contributed by atoms with Crippen LogP contribution >= 0.6 is 19.4 Å². The fourth-order valence-corrected chi connectivity index (χ4v) is 1.43. The predicted molar refractivity (Wildman–Crippen MR) is 87.3 cm³/mol. The fourth-order valence-electron chi connectivity index (χ4n) is 1.20. The molecule has 0 atom stereocenters. The summed E-state index contributed by atoms with van der Waals surface area (Å²) in [6, 6.07) is 0. The molecule has 0 aromatic rings. The molecule has 0 aromatic heterocycles. The van der Waals surface area contributed by atoms with E-state index in [2.05, 4.69) is 15.6 Å². The zero-order valence-electron chi connectivity index (χ0n) is 14.4. The average molecular weight is 424 g/mol. The molecule has 0 amide bonds. The van der Waals surface area contributed by atoms with Gasteiger partial charge in [0.25, 0.3) is 0 Å². The van der Waals surface area contributed by atoms with E-state index >= 15 is 0 Å². The maximum atomic E-state index is 11.3. The standard InChI is InChI=1S/C12H24ClN3O2.F6P/c1-5-15-11(13)16-8-6-7-14-9-10(17)18-12(2,3)4;1-7(2,3,4,5)6/h14H,5-9H2,1-4H3,(H,15,16);/q;-1/p+1. The number of rotatable bonds is 7. The van der Waals surface area contributed by atoms with Gasteiger partial charge in [-0.25, -0.2) is 0 Å². The van der Waals surface area contributed by atoms with Gasteiger partial charge >= 0.3 is 44.3 Å². The Morgan fingerprint density at radius 1 is 1.16 bits per heavy atom. The molecule has 0 radical (unpaired) electrons. The summed E-state index contributed by atoms with van der Waals surface area (Å²) in [5.74, 6) is -0.229. The molecule has 0 heterocycles. The van der Waals surface area contributed by atoms with Gasteiger partial charge < -0.3 is 10.1 Å². The summed E-state index contributed by atoms with van der Waals surface area (Å²) in [7, 11) is -10.7. The summed E-state index contributed by atoms with van der Waals surface area (Å²) in [6.45, 7) is 10.1. The summed E-state index contributed by atoms with van der Waals surface area (Å²) in [5.41, 5.74) is -0.422. The van der Waals surface area contributed by atoms with E-state index in [-0.39, 0.29) is 12.5 Å². The number of amidine groups is 1. The van der Waals surface area contributed by atoms with Crippen LogP contribution in [-0.4, -0.2) is 43.0 Å².